The highest BCUT2D eigenvalue weighted by Gasteiger charge is 1.99. The van der Waals surface area contributed by atoms with Gasteiger partial charge in [-0.1, -0.05) is 36.4 Å². The lowest BCUT2D eigenvalue weighted by molar-refractivity contribution is 1.17. The van der Waals surface area contributed by atoms with E-state index < -0.39 is 0 Å². The molecule has 0 spiro atoms. The van der Waals surface area contributed by atoms with Gasteiger partial charge >= 0.3 is 0 Å². The summed E-state index contributed by atoms with van der Waals surface area (Å²) in [5.41, 5.74) is 1.99. The maximum atomic E-state index is 4.21. The van der Waals surface area contributed by atoms with Crippen LogP contribution in [-0.4, -0.2) is 9.97 Å². The van der Waals surface area contributed by atoms with E-state index in [-0.39, 0.29) is 0 Å². The Kier molecular flexibility index (Phi) is 3.55. The molecule has 0 bridgehead atoms. The normalized spacial score (nSPS) is 10.0. The molecule has 3 aromatic rings. The van der Waals surface area contributed by atoms with E-state index in [9.17, 15) is 0 Å². The number of rotatable bonds is 4. The molecule has 0 aliphatic rings. The van der Waals surface area contributed by atoms with Crippen LogP contribution < -0.4 is 10.6 Å². The molecular formula is C16H14N4. The molecule has 98 valence electrons. The fraction of sp³-hybridized carbons (Fsp3) is 0. The molecule has 4 nitrogen and oxygen atoms in total. The smallest absolute Gasteiger partial charge is 0.135 e. The van der Waals surface area contributed by atoms with Crippen molar-refractivity contribution in [1.29, 1.82) is 0 Å². The Morgan fingerprint density at radius 2 is 1.05 bits per heavy atom. The van der Waals surface area contributed by atoms with E-state index in [0.29, 0.717) is 0 Å². The van der Waals surface area contributed by atoms with Gasteiger partial charge < -0.3 is 10.6 Å². The van der Waals surface area contributed by atoms with Crippen LogP contribution in [0.2, 0.25) is 0 Å². The minimum absolute atomic E-state index is 0.754. The molecule has 0 radical (unpaired) electrons. The summed E-state index contributed by atoms with van der Waals surface area (Å²) < 4.78 is 0. The van der Waals surface area contributed by atoms with Gasteiger partial charge in [0.05, 0.1) is 0 Å². The Hall–Kier alpha value is -2.88. The summed E-state index contributed by atoms with van der Waals surface area (Å²) in [5, 5.41) is 6.48. The maximum absolute atomic E-state index is 4.21. The summed E-state index contributed by atoms with van der Waals surface area (Å²) in [5.74, 6) is 1.51. The second-order valence-corrected chi connectivity index (χ2v) is 4.27. The van der Waals surface area contributed by atoms with Crippen LogP contribution >= 0.6 is 0 Å². The summed E-state index contributed by atoms with van der Waals surface area (Å²) in [7, 11) is 0. The molecule has 1 heterocycles. The lowest BCUT2D eigenvalue weighted by Gasteiger charge is -2.08. The van der Waals surface area contributed by atoms with Gasteiger partial charge in [-0.2, -0.15) is 0 Å². The average Bonchev–Trinajstić information content (AvgIpc) is 2.50. The third kappa shape index (κ3) is 3.11. The topological polar surface area (TPSA) is 49.8 Å². The van der Waals surface area contributed by atoms with E-state index in [1.807, 2.05) is 66.7 Å². The van der Waals surface area contributed by atoms with Gasteiger partial charge in [0, 0.05) is 17.4 Å². The molecule has 2 aromatic carbocycles. The fourth-order valence-electron chi connectivity index (χ4n) is 1.83. The summed E-state index contributed by atoms with van der Waals surface area (Å²) >= 11 is 0. The zero-order valence-corrected chi connectivity index (χ0v) is 10.8. The van der Waals surface area contributed by atoms with Crippen LogP contribution in [0.5, 0.6) is 0 Å². The minimum Gasteiger partial charge on any atom is -0.340 e. The van der Waals surface area contributed by atoms with Crippen LogP contribution in [-0.2, 0) is 0 Å². The predicted molar refractivity (Wildman–Crippen MR) is 81.5 cm³/mol. The lowest BCUT2D eigenvalue weighted by Crippen LogP contribution is -1.98. The first kappa shape index (κ1) is 12.2. The van der Waals surface area contributed by atoms with Crippen molar-refractivity contribution in [2.45, 2.75) is 0 Å². The molecule has 0 unspecified atom stereocenters. The largest absolute Gasteiger partial charge is 0.340 e. The molecule has 0 amide bonds. The van der Waals surface area contributed by atoms with Crippen LogP contribution in [0.3, 0.4) is 0 Å². The van der Waals surface area contributed by atoms with Crippen LogP contribution in [0.4, 0.5) is 23.0 Å². The molecule has 20 heavy (non-hydrogen) atoms. The Morgan fingerprint density at radius 3 is 1.50 bits per heavy atom. The third-order valence-electron chi connectivity index (χ3n) is 2.76. The first-order valence-corrected chi connectivity index (χ1v) is 6.36. The van der Waals surface area contributed by atoms with Gasteiger partial charge in [0.2, 0.25) is 0 Å². The van der Waals surface area contributed by atoms with E-state index in [0.717, 1.165) is 23.0 Å². The zero-order valence-electron chi connectivity index (χ0n) is 10.8. The molecule has 0 aliphatic heterocycles. The molecule has 2 N–H and O–H groups in total. The van der Waals surface area contributed by atoms with Gasteiger partial charge in [-0.15, -0.1) is 0 Å². The van der Waals surface area contributed by atoms with Crippen molar-refractivity contribution < 1.29 is 0 Å². The van der Waals surface area contributed by atoms with E-state index in [1.54, 1.807) is 0 Å². The number of anilines is 4. The number of hydrogen-bond acceptors (Lipinski definition) is 4. The second-order valence-electron chi connectivity index (χ2n) is 4.27. The summed E-state index contributed by atoms with van der Waals surface area (Å²) in [6, 6.07) is 21.7. The number of para-hydroxylation sites is 2. The van der Waals surface area contributed by atoms with E-state index in [2.05, 4.69) is 20.6 Å². The molecule has 3 rings (SSSR count). The molecule has 0 fully saturated rings. The van der Waals surface area contributed by atoms with Gasteiger partial charge in [-0.3, -0.25) is 0 Å². The maximum Gasteiger partial charge on any atom is 0.135 e. The van der Waals surface area contributed by atoms with Crippen LogP contribution in [0, 0.1) is 0 Å². The molecular weight excluding hydrogens is 248 g/mol. The predicted octanol–water partition coefficient (Wildman–Crippen LogP) is 3.96. The van der Waals surface area contributed by atoms with E-state index >= 15 is 0 Å². The van der Waals surface area contributed by atoms with Crippen molar-refractivity contribution >= 4 is 23.0 Å². The Morgan fingerprint density at radius 1 is 0.600 bits per heavy atom. The van der Waals surface area contributed by atoms with Gasteiger partial charge in [-0.05, 0) is 24.3 Å². The first-order chi connectivity index (χ1) is 9.90. The number of hydrogen-bond donors (Lipinski definition) is 2. The standard InChI is InChI=1S/C16H14N4/c1-3-7-13(8-4-1)19-15-11-16(18-12-17-15)20-14-9-5-2-6-10-14/h1-12H,(H2,17,18,19,20). The summed E-state index contributed by atoms with van der Waals surface area (Å²) in [6.45, 7) is 0. The van der Waals surface area contributed by atoms with Gasteiger partial charge in [0.25, 0.3) is 0 Å². The molecule has 4 heteroatoms. The van der Waals surface area contributed by atoms with Crippen molar-refractivity contribution in [2.24, 2.45) is 0 Å². The molecule has 0 saturated carbocycles. The van der Waals surface area contributed by atoms with Gasteiger partial charge in [-0.25, -0.2) is 9.97 Å². The van der Waals surface area contributed by atoms with Crippen molar-refractivity contribution in [3.63, 3.8) is 0 Å². The Labute approximate surface area is 117 Å². The highest BCUT2D eigenvalue weighted by Crippen LogP contribution is 2.18. The summed E-state index contributed by atoms with van der Waals surface area (Å²) in [4.78, 5) is 8.43. The molecule has 0 saturated heterocycles. The quantitative estimate of drug-likeness (QED) is 0.747. The minimum atomic E-state index is 0.754. The Bertz CT molecular complexity index is 612. The molecule has 1 aromatic heterocycles. The van der Waals surface area contributed by atoms with Crippen molar-refractivity contribution in [1.82, 2.24) is 9.97 Å². The SMILES string of the molecule is c1ccc(Nc2cc(Nc3ccccc3)ncn2)cc1. The number of nitrogens with zero attached hydrogens (tertiary/aromatic N) is 2. The lowest BCUT2D eigenvalue weighted by atomic mass is 10.3. The second kappa shape index (κ2) is 5.84. The number of aromatic nitrogens is 2. The highest BCUT2D eigenvalue weighted by atomic mass is 15.1. The number of benzene rings is 2. The zero-order chi connectivity index (χ0) is 13.6. The van der Waals surface area contributed by atoms with Crippen LogP contribution in [0.25, 0.3) is 0 Å². The van der Waals surface area contributed by atoms with Crippen molar-refractivity contribution in [3.8, 4) is 0 Å². The van der Waals surface area contributed by atoms with Gasteiger partial charge in [0.15, 0.2) is 0 Å². The van der Waals surface area contributed by atoms with Crippen LogP contribution in [0.1, 0.15) is 0 Å². The third-order valence-corrected chi connectivity index (χ3v) is 2.76. The fourth-order valence-corrected chi connectivity index (χ4v) is 1.83. The molecule has 0 aliphatic carbocycles. The average molecular weight is 262 g/mol. The first-order valence-electron chi connectivity index (χ1n) is 6.36. The summed E-state index contributed by atoms with van der Waals surface area (Å²) in [6.07, 6.45) is 1.54. The number of nitrogens with one attached hydrogen (secondary N) is 2. The van der Waals surface area contributed by atoms with Crippen molar-refractivity contribution in [3.05, 3.63) is 73.1 Å². The van der Waals surface area contributed by atoms with E-state index in [4.69, 9.17) is 0 Å². The Balaban J connectivity index is 1.76. The van der Waals surface area contributed by atoms with Gasteiger partial charge in [0.1, 0.15) is 18.0 Å². The van der Waals surface area contributed by atoms with E-state index in [1.165, 1.54) is 6.33 Å². The van der Waals surface area contributed by atoms with Crippen molar-refractivity contribution in [2.75, 3.05) is 10.6 Å². The monoisotopic (exact) mass is 262 g/mol. The molecule has 0 atom stereocenters. The highest BCUT2D eigenvalue weighted by molar-refractivity contribution is 5.62. The van der Waals surface area contributed by atoms with Crippen LogP contribution in [0.15, 0.2) is 73.1 Å².